The van der Waals surface area contributed by atoms with Gasteiger partial charge in [0, 0.05) is 19.3 Å². The number of hydrogen-bond donors (Lipinski definition) is 2. The van der Waals surface area contributed by atoms with E-state index in [-0.39, 0.29) is 6.04 Å². The number of carbonyl (C=O) groups excluding carboxylic acids is 1. The van der Waals surface area contributed by atoms with Crippen LogP contribution < -0.4 is 10.6 Å². The van der Waals surface area contributed by atoms with Crippen molar-refractivity contribution >= 4 is 15.7 Å². The van der Waals surface area contributed by atoms with Crippen LogP contribution >= 0.6 is 0 Å². The molecule has 1 aliphatic heterocycles. The molecule has 1 rings (SSSR count). The Morgan fingerprint density at radius 1 is 1.54 bits per heavy atom. The van der Waals surface area contributed by atoms with Gasteiger partial charge in [-0.05, 0) is 6.92 Å². The number of nitrogens with one attached hydrogen (secondary N) is 2. The Hall–Kier alpha value is -0.620. The average Bonchev–Trinajstić information content (AvgIpc) is 1.93. The summed E-state index contributed by atoms with van der Waals surface area (Å²) >= 11 is 0. The smallest absolute Gasteiger partial charge is 0.238 e. The summed E-state index contributed by atoms with van der Waals surface area (Å²) in [5.41, 5.74) is 0. The third-order valence-electron chi connectivity index (χ3n) is 2.14. The highest BCUT2D eigenvalue weighted by Gasteiger charge is 2.27. The normalized spacial score (nSPS) is 20.5. The van der Waals surface area contributed by atoms with Gasteiger partial charge in [0.1, 0.15) is 5.25 Å². The monoisotopic (exact) mass is 206 g/mol. The van der Waals surface area contributed by atoms with Crippen molar-refractivity contribution in [1.82, 2.24) is 10.6 Å². The molecule has 13 heavy (non-hydrogen) atoms. The third kappa shape index (κ3) is 2.67. The molecule has 0 bridgehead atoms. The van der Waals surface area contributed by atoms with Crippen LogP contribution in [0, 0.1) is 0 Å². The first-order valence-electron chi connectivity index (χ1n) is 4.11. The van der Waals surface area contributed by atoms with Gasteiger partial charge in [0.15, 0.2) is 9.84 Å². The number of hydrogen-bond acceptors (Lipinski definition) is 4. The van der Waals surface area contributed by atoms with Crippen LogP contribution in [0.1, 0.15) is 6.92 Å². The molecule has 1 aliphatic rings. The lowest BCUT2D eigenvalue weighted by molar-refractivity contribution is -0.121. The molecule has 0 aliphatic carbocycles. The van der Waals surface area contributed by atoms with Crippen molar-refractivity contribution < 1.29 is 13.2 Å². The molecule has 0 saturated carbocycles. The molecule has 2 N–H and O–H groups in total. The zero-order chi connectivity index (χ0) is 10.1. The summed E-state index contributed by atoms with van der Waals surface area (Å²) in [6.45, 7) is 2.85. The lowest BCUT2D eigenvalue weighted by Crippen LogP contribution is -2.58. The van der Waals surface area contributed by atoms with Crippen LogP contribution in [0.5, 0.6) is 0 Å². The molecule has 1 heterocycles. The summed E-state index contributed by atoms with van der Waals surface area (Å²) < 4.78 is 22.0. The standard InChI is InChI=1S/C7H14N2O3S/c1-5(13(2,11)12)7(10)9-6-3-8-4-6/h5-6,8H,3-4H2,1-2H3,(H,9,10). The molecule has 1 fully saturated rings. The van der Waals surface area contributed by atoms with Crippen molar-refractivity contribution in [3.05, 3.63) is 0 Å². The van der Waals surface area contributed by atoms with Gasteiger partial charge in [-0.2, -0.15) is 0 Å². The fourth-order valence-electron chi connectivity index (χ4n) is 0.904. The Bertz CT molecular complexity index is 295. The maximum absolute atomic E-state index is 11.3. The van der Waals surface area contributed by atoms with Crippen molar-refractivity contribution in [3.8, 4) is 0 Å². The second-order valence-electron chi connectivity index (χ2n) is 3.34. The van der Waals surface area contributed by atoms with Crippen LogP contribution in [0.15, 0.2) is 0 Å². The van der Waals surface area contributed by atoms with E-state index in [0.29, 0.717) is 0 Å². The zero-order valence-corrected chi connectivity index (χ0v) is 8.52. The predicted molar refractivity (Wildman–Crippen MR) is 49.1 cm³/mol. The average molecular weight is 206 g/mol. The van der Waals surface area contributed by atoms with Gasteiger partial charge in [-0.15, -0.1) is 0 Å². The van der Waals surface area contributed by atoms with Gasteiger partial charge in [-0.25, -0.2) is 8.42 Å². The van der Waals surface area contributed by atoms with Crippen molar-refractivity contribution in [2.75, 3.05) is 19.3 Å². The highest BCUT2D eigenvalue weighted by Crippen LogP contribution is 1.99. The van der Waals surface area contributed by atoms with Crippen LogP contribution in [0.3, 0.4) is 0 Å². The highest BCUT2D eigenvalue weighted by atomic mass is 32.2. The molecule has 5 nitrogen and oxygen atoms in total. The zero-order valence-electron chi connectivity index (χ0n) is 7.70. The topological polar surface area (TPSA) is 75.3 Å². The van der Waals surface area contributed by atoms with Gasteiger partial charge in [-0.1, -0.05) is 0 Å². The SMILES string of the molecule is CC(C(=O)NC1CNC1)S(C)(=O)=O. The van der Waals surface area contributed by atoms with E-state index in [0.717, 1.165) is 19.3 Å². The molecule has 6 heteroatoms. The first kappa shape index (κ1) is 10.5. The number of sulfone groups is 1. The summed E-state index contributed by atoms with van der Waals surface area (Å²) in [7, 11) is -3.26. The van der Waals surface area contributed by atoms with Crippen LogP contribution in [0.4, 0.5) is 0 Å². The van der Waals surface area contributed by atoms with Gasteiger partial charge >= 0.3 is 0 Å². The van der Waals surface area contributed by atoms with E-state index < -0.39 is 21.0 Å². The van der Waals surface area contributed by atoms with E-state index in [2.05, 4.69) is 10.6 Å². The maximum Gasteiger partial charge on any atom is 0.238 e. The van der Waals surface area contributed by atoms with E-state index in [1.54, 1.807) is 0 Å². The molecule has 1 atom stereocenters. The fourth-order valence-corrected chi connectivity index (χ4v) is 1.36. The Kier molecular flexibility index (Phi) is 2.92. The van der Waals surface area contributed by atoms with Crippen LogP contribution in [-0.2, 0) is 14.6 Å². The maximum atomic E-state index is 11.3. The van der Waals surface area contributed by atoms with E-state index >= 15 is 0 Å². The molecule has 1 unspecified atom stereocenters. The molecule has 0 radical (unpaired) electrons. The van der Waals surface area contributed by atoms with Crippen molar-refractivity contribution in [3.63, 3.8) is 0 Å². The summed E-state index contributed by atoms with van der Waals surface area (Å²) in [6.07, 6.45) is 1.07. The number of carbonyl (C=O) groups is 1. The summed E-state index contributed by atoms with van der Waals surface area (Å²) in [4.78, 5) is 11.3. The second kappa shape index (κ2) is 3.63. The Labute approximate surface area is 77.8 Å². The molecule has 0 spiro atoms. The van der Waals surface area contributed by atoms with Gasteiger partial charge < -0.3 is 10.6 Å². The Balaban J connectivity index is 2.47. The lowest BCUT2D eigenvalue weighted by atomic mass is 10.2. The number of rotatable bonds is 3. The second-order valence-corrected chi connectivity index (χ2v) is 5.70. The molecule has 76 valence electrons. The number of amides is 1. The lowest BCUT2D eigenvalue weighted by Gasteiger charge is -2.28. The van der Waals surface area contributed by atoms with Crippen LogP contribution in [0.25, 0.3) is 0 Å². The van der Waals surface area contributed by atoms with Crippen molar-refractivity contribution in [2.45, 2.75) is 18.2 Å². The molecule has 0 aromatic carbocycles. The third-order valence-corrected chi connectivity index (χ3v) is 3.64. The molecule has 0 aromatic rings. The minimum absolute atomic E-state index is 0.0942. The first-order chi connectivity index (χ1) is 5.91. The highest BCUT2D eigenvalue weighted by molar-refractivity contribution is 7.92. The summed E-state index contributed by atoms with van der Waals surface area (Å²) in [5, 5.41) is 4.67. The Morgan fingerprint density at radius 3 is 2.38 bits per heavy atom. The minimum atomic E-state index is -3.26. The van der Waals surface area contributed by atoms with Crippen LogP contribution in [-0.4, -0.2) is 45.0 Å². The summed E-state index contributed by atoms with van der Waals surface area (Å²) in [5.74, 6) is -0.408. The van der Waals surface area contributed by atoms with E-state index in [1.807, 2.05) is 0 Å². The van der Waals surface area contributed by atoms with Crippen LogP contribution in [0.2, 0.25) is 0 Å². The van der Waals surface area contributed by atoms with Gasteiger partial charge in [0.2, 0.25) is 5.91 Å². The molecule has 1 saturated heterocycles. The van der Waals surface area contributed by atoms with Gasteiger partial charge in [-0.3, -0.25) is 4.79 Å². The van der Waals surface area contributed by atoms with E-state index in [1.165, 1.54) is 6.92 Å². The van der Waals surface area contributed by atoms with Crippen molar-refractivity contribution in [2.24, 2.45) is 0 Å². The van der Waals surface area contributed by atoms with Gasteiger partial charge in [0.05, 0.1) is 6.04 Å². The molecular weight excluding hydrogens is 192 g/mol. The first-order valence-corrected chi connectivity index (χ1v) is 6.06. The van der Waals surface area contributed by atoms with Gasteiger partial charge in [0.25, 0.3) is 0 Å². The summed E-state index contributed by atoms with van der Waals surface area (Å²) in [6, 6.07) is 0.0942. The largest absolute Gasteiger partial charge is 0.350 e. The van der Waals surface area contributed by atoms with E-state index in [4.69, 9.17) is 0 Å². The predicted octanol–water partition coefficient (Wildman–Crippen LogP) is -1.49. The minimum Gasteiger partial charge on any atom is -0.350 e. The van der Waals surface area contributed by atoms with Crippen molar-refractivity contribution in [1.29, 1.82) is 0 Å². The molecular formula is C7H14N2O3S. The fraction of sp³-hybridized carbons (Fsp3) is 0.857. The molecule has 0 aromatic heterocycles. The Morgan fingerprint density at radius 2 is 2.08 bits per heavy atom. The van der Waals surface area contributed by atoms with E-state index in [9.17, 15) is 13.2 Å². The molecule has 1 amide bonds. The quantitative estimate of drug-likeness (QED) is 0.590.